The maximum absolute atomic E-state index is 5.40. The SMILES string of the molecule is CN=C(NCCCOCCOC)NCCc1csc(C)n1. The number of hydrogen-bond donors (Lipinski definition) is 2. The first kappa shape index (κ1) is 17.9. The van der Waals surface area contributed by atoms with E-state index >= 15 is 0 Å². The summed E-state index contributed by atoms with van der Waals surface area (Å²) in [6, 6.07) is 0. The van der Waals surface area contributed by atoms with E-state index in [4.69, 9.17) is 9.47 Å². The van der Waals surface area contributed by atoms with Gasteiger partial charge in [-0.1, -0.05) is 0 Å². The van der Waals surface area contributed by atoms with E-state index in [1.807, 2.05) is 6.92 Å². The molecule has 0 saturated heterocycles. The van der Waals surface area contributed by atoms with Crippen molar-refractivity contribution in [3.8, 4) is 0 Å². The normalized spacial score (nSPS) is 11.7. The second kappa shape index (κ2) is 11.5. The quantitative estimate of drug-likeness (QED) is 0.386. The highest BCUT2D eigenvalue weighted by Crippen LogP contribution is 2.07. The summed E-state index contributed by atoms with van der Waals surface area (Å²) in [5.74, 6) is 0.818. The minimum atomic E-state index is 0.646. The molecule has 2 N–H and O–H groups in total. The predicted octanol–water partition coefficient (Wildman–Crippen LogP) is 1.21. The molecule has 1 rings (SSSR count). The maximum Gasteiger partial charge on any atom is 0.190 e. The summed E-state index contributed by atoms with van der Waals surface area (Å²) < 4.78 is 10.3. The van der Waals surface area contributed by atoms with Crippen molar-refractivity contribution in [1.82, 2.24) is 15.6 Å². The summed E-state index contributed by atoms with van der Waals surface area (Å²) in [6.07, 6.45) is 1.85. The highest BCUT2D eigenvalue weighted by Gasteiger charge is 2.00. The molecule has 0 atom stereocenters. The first-order valence-electron chi connectivity index (χ1n) is 7.18. The highest BCUT2D eigenvalue weighted by molar-refractivity contribution is 7.09. The Morgan fingerprint density at radius 3 is 2.76 bits per heavy atom. The van der Waals surface area contributed by atoms with Crippen molar-refractivity contribution < 1.29 is 9.47 Å². The van der Waals surface area contributed by atoms with Crippen molar-refractivity contribution in [3.63, 3.8) is 0 Å². The number of nitrogens with zero attached hydrogens (tertiary/aromatic N) is 2. The lowest BCUT2D eigenvalue weighted by Gasteiger charge is -2.11. The van der Waals surface area contributed by atoms with Gasteiger partial charge in [0.15, 0.2) is 5.96 Å². The van der Waals surface area contributed by atoms with E-state index in [-0.39, 0.29) is 0 Å². The van der Waals surface area contributed by atoms with Crippen LogP contribution in [0.5, 0.6) is 0 Å². The molecule has 0 aliphatic heterocycles. The van der Waals surface area contributed by atoms with Crippen LogP contribution in [0.2, 0.25) is 0 Å². The molecule has 1 aromatic heterocycles. The Morgan fingerprint density at radius 1 is 1.29 bits per heavy atom. The van der Waals surface area contributed by atoms with Crippen molar-refractivity contribution in [2.45, 2.75) is 19.8 Å². The van der Waals surface area contributed by atoms with Gasteiger partial charge in [-0.05, 0) is 13.3 Å². The van der Waals surface area contributed by atoms with Crippen LogP contribution >= 0.6 is 11.3 Å². The zero-order valence-corrected chi connectivity index (χ0v) is 14.0. The van der Waals surface area contributed by atoms with E-state index in [2.05, 4.69) is 26.0 Å². The number of ether oxygens (including phenoxy) is 2. The van der Waals surface area contributed by atoms with Crippen molar-refractivity contribution >= 4 is 17.3 Å². The number of aromatic nitrogens is 1. The Bertz CT molecular complexity index is 409. The van der Waals surface area contributed by atoms with E-state index in [0.717, 1.165) is 49.2 Å². The van der Waals surface area contributed by atoms with E-state index < -0.39 is 0 Å². The van der Waals surface area contributed by atoms with Crippen molar-refractivity contribution in [1.29, 1.82) is 0 Å². The fraction of sp³-hybridized carbons (Fsp3) is 0.714. The van der Waals surface area contributed by atoms with Crippen LogP contribution in [0.25, 0.3) is 0 Å². The van der Waals surface area contributed by atoms with Crippen LogP contribution in [0.15, 0.2) is 10.4 Å². The van der Waals surface area contributed by atoms with Crippen molar-refractivity contribution in [2.75, 3.05) is 47.1 Å². The first-order valence-corrected chi connectivity index (χ1v) is 8.06. The summed E-state index contributed by atoms with van der Waals surface area (Å²) in [6.45, 7) is 5.71. The van der Waals surface area contributed by atoms with Gasteiger partial charge in [0.25, 0.3) is 0 Å². The summed E-state index contributed by atoms with van der Waals surface area (Å²) in [5.41, 5.74) is 1.13. The Kier molecular flexibility index (Phi) is 9.77. The third-order valence-corrected chi connectivity index (χ3v) is 3.58. The third kappa shape index (κ3) is 8.64. The van der Waals surface area contributed by atoms with Gasteiger partial charge in [0, 0.05) is 45.7 Å². The lowest BCUT2D eigenvalue weighted by Crippen LogP contribution is -2.39. The number of aliphatic imine (C=N–C) groups is 1. The van der Waals surface area contributed by atoms with Gasteiger partial charge in [0.2, 0.25) is 0 Å². The summed E-state index contributed by atoms with van der Waals surface area (Å²) >= 11 is 1.69. The van der Waals surface area contributed by atoms with Gasteiger partial charge < -0.3 is 20.1 Å². The number of hydrogen-bond acceptors (Lipinski definition) is 5. The third-order valence-electron chi connectivity index (χ3n) is 2.75. The van der Waals surface area contributed by atoms with Gasteiger partial charge >= 0.3 is 0 Å². The molecule has 0 amide bonds. The molecule has 0 aliphatic rings. The second-order valence-electron chi connectivity index (χ2n) is 4.49. The van der Waals surface area contributed by atoms with Crippen molar-refractivity contribution in [2.24, 2.45) is 4.99 Å². The topological polar surface area (TPSA) is 67.8 Å². The number of methoxy groups -OCH3 is 1. The Hall–Kier alpha value is -1.18. The molecule has 0 saturated carbocycles. The van der Waals surface area contributed by atoms with Crippen LogP contribution in [-0.2, 0) is 15.9 Å². The molecule has 0 aromatic carbocycles. The standard InChI is InChI=1S/C14H26N4O2S/c1-12-18-13(11-21-12)5-7-17-14(15-2)16-6-4-8-20-10-9-19-3/h11H,4-10H2,1-3H3,(H2,15,16,17). The minimum Gasteiger partial charge on any atom is -0.382 e. The molecule has 21 heavy (non-hydrogen) atoms. The zero-order chi connectivity index (χ0) is 15.3. The molecule has 7 heteroatoms. The van der Waals surface area contributed by atoms with Crippen LogP contribution in [-0.4, -0.2) is 58.0 Å². The monoisotopic (exact) mass is 314 g/mol. The predicted molar refractivity (Wildman–Crippen MR) is 87.2 cm³/mol. The molecular formula is C14H26N4O2S. The van der Waals surface area contributed by atoms with Gasteiger partial charge in [-0.15, -0.1) is 11.3 Å². The van der Waals surface area contributed by atoms with Gasteiger partial charge in [0.05, 0.1) is 23.9 Å². The molecule has 0 spiro atoms. The van der Waals surface area contributed by atoms with Gasteiger partial charge in [-0.25, -0.2) is 4.98 Å². The van der Waals surface area contributed by atoms with E-state index in [0.29, 0.717) is 13.2 Å². The summed E-state index contributed by atoms with van der Waals surface area (Å²) in [4.78, 5) is 8.62. The number of guanidine groups is 1. The fourth-order valence-electron chi connectivity index (χ4n) is 1.68. The Balaban J connectivity index is 2.04. The second-order valence-corrected chi connectivity index (χ2v) is 5.55. The largest absolute Gasteiger partial charge is 0.382 e. The van der Waals surface area contributed by atoms with E-state index in [1.165, 1.54) is 0 Å². The lowest BCUT2D eigenvalue weighted by molar-refractivity contribution is 0.0698. The van der Waals surface area contributed by atoms with E-state index in [1.54, 1.807) is 25.5 Å². The van der Waals surface area contributed by atoms with Gasteiger partial charge in [0.1, 0.15) is 0 Å². The highest BCUT2D eigenvalue weighted by atomic mass is 32.1. The maximum atomic E-state index is 5.40. The number of rotatable bonds is 10. The van der Waals surface area contributed by atoms with Gasteiger partial charge in [-0.3, -0.25) is 4.99 Å². The van der Waals surface area contributed by atoms with Crippen LogP contribution < -0.4 is 10.6 Å². The van der Waals surface area contributed by atoms with Crippen LogP contribution in [0.4, 0.5) is 0 Å². The Morgan fingerprint density at radius 2 is 2.10 bits per heavy atom. The van der Waals surface area contributed by atoms with Crippen LogP contribution in [0, 0.1) is 6.92 Å². The average molecular weight is 314 g/mol. The van der Waals surface area contributed by atoms with Crippen molar-refractivity contribution in [3.05, 3.63) is 16.1 Å². The number of aryl methyl sites for hydroxylation is 1. The average Bonchev–Trinajstić information content (AvgIpc) is 2.90. The first-order chi connectivity index (χ1) is 10.3. The smallest absolute Gasteiger partial charge is 0.190 e. The molecular weight excluding hydrogens is 288 g/mol. The minimum absolute atomic E-state index is 0.646. The van der Waals surface area contributed by atoms with Crippen LogP contribution in [0.3, 0.4) is 0 Å². The summed E-state index contributed by atoms with van der Waals surface area (Å²) in [7, 11) is 3.45. The molecule has 1 heterocycles. The lowest BCUT2D eigenvalue weighted by atomic mass is 10.3. The molecule has 1 aromatic rings. The number of nitrogens with one attached hydrogen (secondary N) is 2. The van der Waals surface area contributed by atoms with Gasteiger partial charge in [-0.2, -0.15) is 0 Å². The molecule has 0 aliphatic carbocycles. The zero-order valence-electron chi connectivity index (χ0n) is 13.1. The van der Waals surface area contributed by atoms with Crippen LogP contribution in [0.1, 0.15) is 17.1 Å². The van der Waals surface area contributed by atoms with E-state index in [9.17, 15) is 0 Å². The molecule has 6 nitrogen and oxygen atoms in total. The number of thiazole rings is 1. The molecule has 120 valence electrons. The summed E-state index contributed by atoms with van der Waals surface area (Å²) in [5, 5.41) is 9.76. The molecule has 0 fully saturated rings. The molecule has 0 bridgehead atoms. The Labute approximate surface area is 131 Å². The fourth-order valence-corrected chi connectivity index (χ4v) is 2.33. The molecule has 0 radical (unpaired) electrons. The molecule has 0 unspecified atom stereocenters.